The molecule has 2 bridgehead atoms. The maximum atomic E-state index is 12.9. The lowest BCUT2D eigenvalue weighted by Crippen LogP contribution is -2.40. The van der Waals surface area contributed by atoms with E-state index in [2.05, 4.69) is 12.2 Å². The van der Waals surface area contributed by atoms with Crippen LogP contribution in [-0.4, -0.2) is 16.7 Å². The Balaban J connectivity index is 1.57. The fourth-order valence-electron chi connectivity index (χ4n) is 4.96. The summed E-state index contributed by atoms with van der Waals surface area (Å²) in [6.45, 7) is 0. The number of anilines is 1. The van der Waals surface area contributed by atoms with Crippen molar-refractivity contribution in [1.29, 1.82) is 0 Å². The Kier molecular flexibility index (Phi) is 2.30. The number of allylic oxidation sites excluding steroid dienone is 2. The summed E-state index contributed by atoms with van der Waals surface area (Å²) in [6.07, 6.45) is 5.34. The van der Waals surface area contributed by atoms with Gasteiger partial charge in [-0.05, 0) is 36.2 Å². The van der Waals surface area contributed by atoms with E-state index in [1.807, 2.05) is 0 Å². The molecule has 3 fully saturated rings. The van der Waals surface area contributed by atoms with Gasteiger partial charge in [0.2, 0.25) is 11.8 Å². The summed E-state index contributed by atoms with van der Waals surface area (Å²) in [5.74, 6) is 0.489. The summed E-state index contributed by atoms with van der Waals surface area (Å²) in [6, 6.07) is 5.78. The second-order valence-electron chi connectivity index (χ2n) is 6.94. The Labute approximate surface area is 131 Å². The Morgan fingerprint density at radius 2 is 1.65 bits per heavy atom. The van der Waals surface area contributed by atoms with Crippen LogP contribution in [0.3, 0.4) is 0 Å². The van der Waals surface area contributed by atoms with E-state index in [4.69, 9.17) is 0 Å². The first-order valence-corrected chi connectivity index (χ1v) is 7.88. The van der Waals surface area contributed by atoms with Gasteiger partial charge in [-0.25, -0.2) is 4.90 Å². The third-order valence-electron chi connectivity index (χ3n) is 5.96. The van der Waals surface area contributed by atoms with Gasteiger partial charge in [0.1, 0.15) is 0 Å². The summed E-state index contributed by atoms with van der Waals surface area (Å²) in [5.41, 5.74) is 0.207. The van der Waals surface area contributed by atoms with E-state index in [0.29, 0.717) is 17.5 Å². The second kappa shape index (κ2) is 4.07. The maximum Gasteiger partial charge on any atom is 0.271 e. The molecule has 1 heterocycles. The highest BCUT2D eigenvalue weighted by molar-refractivity contribution is 6.22. The Morgan fingerprint density at radius 3 is 2.22 bits per heavy atom. The van der Waals surface area contributed by atoms with Gasteiger partial charge < -0.3 is 0 Å². The first kappa shape index (κ1) is 13.0. The summed E-state index contributed by atoms with van der Waals surface area (Å²) < 4.78 is 0. The van der Waals surface area contributed by atoms with Crippen molar-refractivity contribution in [1.82, 2.24) is 0 Å². The fourth-order valence-corrected chi connectivity index (χ4v) is 4.96. The Hall–Kier alpha value is -2.50. The molecule has 0 unspecified atom stereocenters. The molecule has 4 aliphatic carbocycles. The topological polar surface area (TPSA) is 80.5 Å². The van der Waals surface area contributed by atoms with Crippen molar-refractivity contribution >= 4 is 23.2 Å². The molecule has 0 aromatic heterocycles. The third kappa shape index (κ3) is 1.53. The molecule has 1 aliphatic heterocycles. The lowest BCUT2D eigenvalue weighted by molar-refractivity contribution is -0.384. The van der Waals surface area contributed by atoms with Gasteiger partial charge in [-0.3, -0.25) is 19.7 Å². The molecule has 0 spiro atoms. The molecule has 6 atom stereocenters. The number of amides is 2. The van der Waals surface area contributed by atoms with Gasteiger partial charge in [0.25, 0.3) is 5.69 Å². The van der Waals surface area contributed by atoms with E-state index < -0.39 is 4.92 Å². The highest BCUT2D eigenvalue weighted by atomic mass is 16.6. The van der Waals surface area contributed by atoms with Crippen molar-refractivity contribution in [3.63, 3.8) is 0 Å². The summed E-state index contributed by atoms with van der Waals surface area (Å²) in [7, 11) is 0. The van der Waals surface area contributed by atoms with Crippen LogP contribution in [0, 0.1) is 45.6 Å². The molecule has 1 aromatic carbocycles. The largest absolute Gasteiger partial charge is 0.274 e. The zero-order valence-corrected chi connectivity index (χ0v) is 12.2. The molecule has 1 saturated heterocycles. The van der Waals surface area contributed by atoms with Gasteiger partial charge in [-0.1, -0.05) is 18.2 Å². The minimum Gasteiger partial charge on any atom is -0.274 e. The van der Waals surface area contributed by atoms with Crippen molar-refractivity contribution in [2.24, 2.45) is 35.5 Å². The van der Waals surface area contributed by atoms with E-state index in [1.165, 1.54) is 23.1 Å². The van der Waals surface area contributed by atoms with Crippen LogP contribution in [0.2, 0.25) is 0 Å². The number of nitro groups is 1. The number of hydrogen-bond acceptors (Lipinski definition) is 4. The van der Waals surface area contributed by atoms with E-state index >= 15 is 0 Å². The predicted octanol–water partition coefficient (Wildman–Crippen LogP) is 2.15. The SMILES string of the molecule is O=C1[C@@H]2[C@@H]3C=C[C@H]([C@@H]4C[C@H]34)[C@H]2C(=O)N1c1cccc([N+](=O)[O-])c1. The molecule has 6 rings (SSSR count). The first-order valence-electron chi connectivity index (χ1n) is 7.88. The number of carbonyl (C=O) groups excluding carboxylic acids is 2. The minimum absolute atomic E-state index is 0.109. The lowest BCUT2D eigenvalue weighted by Gasteiger charge is -2.37. The number of hydrogen-bond donors (Lipinski definition) is 0. The van der Waals surface area contributed by atoms with Crippen molar-refractivity contribution in [2.45, 2.75) is 6.42 Å². The van der Waals surface area contributed by atoms with Crippen LogP contribution in [0.15, 0.2) is 36.4 Å². The number of benzene rings is 1. The normalized spacial score (nSPS) is 39.4. The van der Waals surface area contributed by atoms with Gasteiger partial charge >= 0.3 is 0 Å². The monoisotopic (exact) mass is 310 g/mol. The summed E-state index contributed by atoms with van der Waals surface area (Å²) in [4.78, 5) is 37.4. The quantitative estimate of drug-likeness (QED) is 0.363. The lowest BCUT2D eigenvalue weighted by atomic mass is 9.63. The summed E-state index contributed by atoms with van der Waals surface area (Å²) >= 11 is 0. The molecule has 2 saturated carbocycles. The van der Waals surface area contributed by atoms with Crippen LogP contribution >= 0.6 is 0 Å². The number of nitro benzene ring substituents is 1. The molecule has 116 valence electrons. The van der Waals surface area contributed by atoms with Crippen LogP contribution in [-0.2, 0) is 9.59 Å². The van der Waals surface area contributed by atoms with E-state index in [9.17, 15) is 19.7 Å². The first-order chi connectivity index (χ1) is 11.1. The highest BCUT2D eigenvalue weighted by Crippen LogP contribution is 2.65. The van der Waals surface area contributed by atoms with Gasteiger partial charge in [-0.2, -0.15) is 0 Å². The van der Waals surface area contributed by atoms with Gasteiger partial charge in [0.05, 0.1) is 22.4 Å². The second-order valence-corrected chi connectivity index (χ2v) is 6.94. The van der Waals surface area contributed by atoms with Crippen molar-refractivity contribution in [3.8, 4) is 0 Å². The van der Waals surface area contributed by atoms with Gasteiger partial charge in [0, 0.05) is 12.1 Å². The fraction of sp³-hybridized carbons (Fsp3) is 0.412. The third-order valence-corrected chi connectivity index (χ3v) is 5.96. The van der Waals surface area contributed by atoms with Crippen LogP contribution in [0.5, 0.6) is 0 Å². The number of non-ortho nitro benzene ring substituents is 1. The van der Waals surface area contributed by atoms with Crippen molar-refractivity contribution in [3.05, 3.63) is 46.5 Å². The van der Waals surface area contributed by atoms with Crippen LogP contribution in [0.25, 0.3) is 0 Å². The zero-order valence-electron chi connectivity index (χ0n) is 12.2. The van der Waals surface area contributed by atoms with E-state index in [-0.39, 0.29) is 41.2 Å². The maximum absolute atomic E-state index is 12.9. The van der Waals surface area contributed by atoms with Gasteiger partial charge in [-0.15, -0.1) is 0 Å². The number of carbonyl (C=O) groups is 2. The molecule has 1 aromatic rings. The minimum atomic E-state index is -0.512. The van der Waals surface area contributed by atoms with Crippen LogP contribution in [0.4, 0.5) is 11.4 Å². The predicted molar refractivity (Wildman–Crippen MR) is 80.3 cm³/mol. The summed E-state index contributed by atoms with van der Waals surface area (Å²) in [5, 5.41) is 11.0. The van der Waals surface area contributed by atoms with E-state index in [0.717, 1.165) is 6.42 Å². The van der Waals surface area contributed by atoms with Crippen LogP contribution in [0.1, 0.15) is 6.42 Å². The number of nitrogens with zero attached hydrogens (tertiary/aromatic N) is 2. The smallest absolute Gasteiger partial charge is 0.271 e. The average molecular weight is 310 g/mol. The average Bonchev–Trinajstić information content (AvgIpc) is 3.32. The molecule has 0 N–H and O–H groups in total. The Bertz CT molecular complexity index is 766. The molecule has 6 nitrogen and oxygen atoms in total. The number of imide groups is 1. The molecule has 2 amide bonds. The molecular formula is C17H14N2O4. The highest BCUT2D eigenvalue weighted by Gasteiger charge is 2.67. The molecule has 0 radical (unpaired) electrons. The number of rotatable bonds is 2. The van der Waals surface area contributed by atoms with Crippen LogP contribution < -0.4 is 4.90 Å². The Morgan fingerprint density at radius 1 is 1.04 bits per heavy atom. The van der Waals surface area contributed by atoms with Gasteiger partial charge in [0.15, 0.2) is 0 Å². The zero-order chi connectivity index (χ0) is 15.9. The molecule has 23 heavy (non-hydrogen) atoms. The van der Waals surface area contributed by atoms with E-state index in [1.54, 1.807) is 6.07 Å². The standard InChI is InChI=1S/C17H14N2O4/c20-16-14-10-4-5-11(13-7-12(10)13)15(14)17(21)18(16)8-2-1-3-9(6-8)19(22)23/h1-6,10-15H,7H2/t10-,11-,12-,13+,14-,15-/m1/s1. The molecule has 5 aliphatic rings. The molecular weight excluding hydrogens is 296 g/mol. The van der Waals surface area contributed by atoms with Crippen molar-refractivity contribution < 1.29 is 14.5 Å². The van der Waals surface area contributed by atoms with Crippen molar-refractivity contribution in [2.75, 3.05) is 4.90 Å². The molecule has 6 heteroatoms.